The summed E-state index contributed by atoms with van der Waals surface area (Å²) in [7, 11) is 1.70. The quantitative estimate of drug-likeness (QED) is 0.602. The van der Waals surface area contributed by atoms with E-state index in [-0.39, 0.29) is 11.9 Å². The molecule has 0 aliphatic carbocycles. The summed E-state index contributed by atoms with van der Waals surface area (Å²) >= 11 is 1.74. The molecular formula is C25H27N3O2S. The van der Waals surface area contributed by atoms with Gasteiger partial charge in [0.25, 0.3) is 5.91 Å². The smallest absolute Gasteiger partial charge is 0.254 e. The van der Waals surface area contributed by atoms with Crippen LogP contribution in [0.4, 0.5) is 0 Å². The van der Waals surface area contributed by atoms with Gasteiger partial charge in [-0.25, -0.2) is 0 Å². The number of nitrogens with zero attached hydrogens (tertiary/aromatic N) is 3. The van der Waals surface area contributed by atoms with Crippen molar-refractivity contribution in [1.82, 2.24) is 14.8 Å². The van der Waals surface area contributed by atoms with Crippen LogP contribution in [0.25, 0.3) is 0 Å². The number of methoxy groups -OCH3 is 1. The van der Waals surface area contributed by atoms with Crippen LogP contribution in [0.2, 0.25) is 0 Å². The van der Waals surface area contributed by atoms with Crippen LogP contribution in [0, 0.1) is 5.92 Å². The molecule has 5 nitrogen and oxygen atoms in total. The number of aromatic nitrogens is 1. The number of likely N-dealkylation sites (tertiary alicyclic amines) is 2. The maximum absolute atomic E-state index is 13.3. The third-order valence-corrected chi connectivity index (χ3v) is 7.44. The van der Waals surface area contributed by atoms with Crippen LogP contribution in [-0.4, -0.2) is 53.5 Å². The molecule has 31 heavy (non-hydrogen) atoms. The monoisotopic (exact) mass is 433 g/mol. The number of hydrogen-bond donors (Lipinski definition) is 0. The molecule has 0 radical (unpaired) electrons. The lowest BCUT2D eigenvalue weighted by molar-refractivity contribution is 0.0614. The average molecular weight is 434 g/mol. The summed E-state index contributed by atoms with van der Waals surface area (Å²) in [6.45, 7) is 3.74. The van der Waals surface area contributed by atoms with Gasteiger partial charge in [0.1, 0.15) is 5.75 Å². The minimum atomic E-state index is 0.138. The minimum Gasteiger partial charge on any atom is -0.497 e. The maximum atomic E-state index is 13.3. The van der Waals surface area contributed by atoms with Crippen LogP contribution >= 0.6 is 11.3 Å². The normalized spacial score (nSPS) is 23.5. The molecule has 2 saturated heterocycles. The number of carbonyl (C=O) groups is 1. The third kappa shape index (κ3) is 4.10. The van der Waals surface area contributed by atoms with Crippen molar-refractivity contribution in [3.8, 4) is 5.75 Å². The van der Waals surface area contributed by atoms with Crippen LogP contribution in [0.1, 0.15) is 33.8 Å². The molecule has 4 heterocycles. The van der Waals surface area contributed by atoms with E-state index in [1.54, 1.807) is 30.8 Å². The second-order valence-electron chi connectivity index (χ2n) is 8.46. The predicted molar refractivity (Wildman–Crippen MR) is 122 cm³/mol. The number of rotatable bonds is 5. The molecule has 0 bridgehead atoms. The van der Waals surface area contributed by atoms with Gasteiger partial charge in [0, 0.05) is 62.0 Å². The van der Waals surface area contributed by atoms with Crippen molar-refractivity contribution in [2.45, 2.75) is 24.9 Å². The molecule has 0 unspecified atom stereocenters. The summed E-state index contributed by atoms with van der Waals surface area (Å²) in [5.74, 6) is 1.87. The number of pyridine rings is 1. The molecular weight excluding hydrogens is 406 g/mol. The zero-order valence-corrected chi connectivity index (χ0v) is 18.5. The summed E-state index contributed by atoms with van der Waals surface area (Å²) in [6, 6.07) is 14.5. The van der Waals surface area contributed by atoms with E-state index in [9.17, 15) is 4.79 Å². The lowest BCUT2D eigenvalue weighted by Gasteiger charge is -2.39. The Kier molecular flexibility index (Phi) is 5.74. The number of piperidine rings is 1. The van der Waals surface area contributed by atoms with Crippen molar-refractivity contribution in [1.29, 1.82) is 0 Å². The van der Waals surface area contributed by atoms with Crippen molar-refractivity contribution >= 4 is 17.2 Å². The van der Waals surface area contributed by atoms with E-state index >= 15 is 0 Å². The van der Waals surface area contributed by atoms with Gasteiger partial charge < -0.3 is 9.64 Å². The molecule has 0 N–H and O–H groups in total. The van der Waals surface area contributed by atoms with Crippen molar-refractivity contribution in [2.24, 2.45) is 5.92 Å². The van der Waals surface area contributed by atoms with Gasteiger partial charge in [0.05, 0.1) is 7.11 Å². The fraction of sp³-hybridized carbons (Fsp3) is 0.360. The molecule has 3 atom stereocenters. The highest BCUT2D eigenvalue weighted by molar-refractivity contribution is 7.08. The van der Waals surface area contributed by atoms with Gasteiger partial charge in [-0.3, -0.25) is 14.7 Å². The number of thiophene rings is 1. The van der Waals surface area contributed by atoms with Gasteiger partial charge >= 0.3 is 0 Å². The summed E-state index contributed by atoms with van der Waals surface area (Å²) in [4.78, 5) is 22.1. The Morgan fingerprint density at radius 1 is 1.13 bits per heavy atom. The SMILES string of the molecule is COc1ccc(CN2CC[C@H]3[C@@H](C2)[C@H](c2ccsc2)CN3C(=O)c2ccncc2)cc1. The standard InChI is InChI=1S/C25H27N3O2S/c1-30-21-4-2-18(3-5-21)14-27-12-8-24-23(15-27)22(20-9-13-31-17-20)16-28(24)25(29)19-6-10-26-11-7-19/h2-7,9-11,13,17,22-24H,8,12,14-16H2,1H3/t22-,23-,24-/m0/s1. The Morgan fingerprint density at radius 3 is 2.65 bits per heavy atom. The highest BCUT2D eigenvalue weighted by Gasteiger charge is 2.47. The van der Waals surface area contributed by atoms with Crippen LogP contribution in [0.15, 0.2) is 65.6 Å². The second-order valence-corrected chi connectivity index (χ2v) is 9.24. The Hall–Kier alpha value is -2.70. The van der Waals surface area contributed by atoms with Crippen LogP contribution in [0.3, 0.4) is 0 Å². The second kappa shape index (κ2) is 8.81. The van der Waals surface area contributed by atoms with Crippen molar-refractivity contribution < 1.29 is 9.53 Å². The third-order valence-electron chi connectivity index (χ3n) is 6.74. The van der Waals surface area contributed by atoms with E-state index in [2.05, 4.69) is 43.7 Å². The minimum absolute atomic E-state index is 0.138. The summed E-state index contributed by atoms with van der Waals surface area (Å²) < 4.78 is 5.29. The molecule has 2 fully saturated rings. The number of ether oxygens (including phenoxy) is 1. The largest absolute Gasteiger partial charge is 0.497 e. The zero-order chi connectivity index (χ0) is 21.2. The number of hydrogen-bond acceptors (Lipinski definition) is 5. The molecule has 6 heteroatoms. The number of carbonyl (C=O) groups excluding carboxylic acids is 1. The van der Waals surface area contributed by atoms with E-state index in [1.165, 1.54) is 11.1 Å². The lowest BCUT2D eigenvalue weighted by Crippen LogP contribution is -2.47. The summed E-state index contributed by atoms with van der Waals surface area (Å²) in [5, 5.41) is 4.40. The molecule has 2 aromatic heterocycles. The maximum Gasteiger partial charge on any atom is 0.254 e. The van der Waals surface area contributed by atoms with E-state index in [1.807, 2.05) is 24.3 Å². The Morgan fingerprint density at radius 2 is 1.94 bits per heavy atom. The highest BCUT2D eigenvalue weighted by Crippen LogP contribution is 2.42. The number of fused-ring (bicyclic) bond motifs is 1. The first-order chi connectivity index (χ1) is 15.2. The van der Waals surface area contributed by atoms with Gasteiger partial charge in [0.2, 0.25) is 0 Å². The Labute approximate surface area is 187 Å². The van der Waals surface area contributed by atoms with E-state index < -0.39 is 0 Å². The van der Waals surface area contributed by atoms with Crippen LogP contribution in [-0.2, 0) is 6.54 Å². The number of amides is 1. The van der Waals surface area contributed by atoms with Crippen molar-refractivity contribution in [3.05, 3.63) is 82.3 Å². The zero-order valence-electron chi connectivity index (χ0n) is 17.7. The molecule has 160 valence electrons. The molecule has 1 amide bonds. The van der Waals surface area contributed by atoms with Gasteiger partial charge in [0.15, 0.2) is 0 Å². The first kappa shape index (κ1) is 20.2. The fourth-order valence-electron chi connectivity index (χ4n) is 5.17. The van der Waals surface area contributed by atoms with E-state index in [0.29, 0.717) is 11.8 Å². The van der Waals surface area contributed by atoms with Gasteiger partial charge in [-0.15, -0.1) is 0 Å². The Balaban J connectivity index is 1.36. The van der Waals surface area contributed by atoms with Gasteiger partial charge in [-0.1, -0.05) is 12.1 Å². The van der Waals surface area contributed by atoms with E-state index in [4.69, 9.17) is 4.74 Å². The summed E-state index contributed by atoms with van der Waals surface area (Å²) in [6.07, 6.45) is 4.42. The predicted octanol–water partition coefficient (Wildman–Crippen LogP) is 4.28. The van der Waals surface area contributed by atoms with Gasteiger partial charge in [-0.05, 0) is 58.6 Å². The van der Waals surface area contributed by atoms with Crippen LogP contribution < -0.4 is 4.74 Å². The molecule has 5 rings (SSSR count). The fourth-order valence-corrected chi connectivity index (χ4v) is 5.90. The molecule has 2 aliphatic heterocycles. The lowest BCUT2D eigenvalue weighted by atomic mass is 9.82. The molecule has 2 aliphatic rings. The van der Waals surface area contributed by atoms with Gasteiger partial charge in [-0.2, -0.15) is 11.3 Å². The topological polar surface area (TPSA) is 45.7 Å². The van der Waals surface area contributed by atoms with Crippen LogP contribution in [0.5, 0.6) is 5.75 Å². The molecule has 1 aromatic carbocycles. The molecule has 0 saturated carbocycles. The Bertz CT molecular complexity index is 1010. The summed E-state index contributed by atoms with van der Waals surface area (Å²) in [5.41, 5.74) is 3.41. The average Bonchev–Trinajstić information content (AvgIpc) is 3.47. The first-order valence-corrected chi connectivity index (χ1v) is 11.8. The van der Waals surface area contributed by atoms with Crippen molar-refractivity contribution in [3.63, 3.8) is 0 Å². The molecule has 3 aromatic rings. The highest BCUT2D eigenvalue weighted by atomic mass is 32.1. The molecule has 0 spiro atoms. The number of benzene rings is 1. The first-order valence-electron chi connectivity index (χ1n) is 10.8. The van der Waals surface area contributed by atoms with E-state index in [0.717, 1.165) is 43.9 Å². The van der Waals surface area contributed by atoms with Crippen molar-refractivity contribution in [2.75, 3.05) is 26.7 Å².